The first-order valence-electron chi connectivity index (χ1n) is 8.80. The maximum Gasteiger partial charge on any atom is 0.246 e. The number of benzene rings is 2. The van der Waals surface area contributed by atoms with Crippen LogP contribution in [0.5, 0.6) is 0 Å². The first kappa shape index (κ1) is 19.7. The van der Waals surface area contributed by atoms with Gasteiger partial charge in [0.1, 0.15) is 10.7 Å². The van der Waals surface area contributed by atoms with Crippen LogP contribution >= 0.6 is 12.2 Å². The van der Waals surface area contributed by atoms with Crippen LogP contribution in [-0.2, 0) is 16.4 Å². The van der Waals surface area contributed by atoms with Gasteiger partial charge in [-0.1, -0.05) is 42.5 Å². The van der Waals surface area contributed by atoms with E-state index in [1.165, 1.54) is 28.1 Å². The van der Waals surface area contributed by atoms with Gasteiger partial charge in [0.15, 0.2) is 5.11 Å². The summed E-state index contributed by atoms with van der Waals surface area (Å²) in [4.78, 5) is 1.68. The Hall–Kier alpha value is -2.03. The number of nitrogens with one attached hydrogen (secondary N) is 1. The molecule has 0 saturated carbocycles. The molecule has 8 heteroatoms. The fourth-order valence-electron chi connectivity index (χ4n) is 2.99. The maximum absolute atomic E-state index is 13.9. The van der Waals surface area contributed by atoms with E-state index >= 15 is 0 Å². The fourth-order valence-corrected chi connectivity index (χ4v) is 4.77. The monoisotopic (exact) mass is 407 g/mol. The van der Waals surface area contributed by atoms with Crippen molar-refractivity contribution in [2.45, 2.75) is 11.3 Å². The van der Waals surface area contributed by atoms with Crippen molar-refractivity contribution in [3.8, 4) is 0 Å². The van der Waals surface area contributed by atoms with E-state index in [2.05, 4.69) is 17.4 Å². The summed E-state index contributed by atoms with van der Waals surface area (Å²) in [5.41, 5.74) is 1.23. The van der Waals surface area contributed by atoms with Gasteiger partial charge in [0.2, 0.25) is 10.0 Å². The fraction of sp³-hybridized carbons (Fsp3) is 0.316. The van der Waals surface area contributed by atoms with Crippen molar-refractivity contribution < 1.29 is 12.8 Å². The molecule has 0 aliphatic carbocycles. The summed E-state index contributed by atoms with van der Waals surface area (Å²) in [5, 5.41) is 3.84. The van der Waals surface area contributed by atoms with Gasteiger partial charge in [0, 0.05) is 32.7 Å². The smallest absolute Gasteiger partial charge is 0.246 e. The van der Waals surface area contributed by atoms with Crippen LogP contribution in [0, 0.1) is 5.82 Å². The predicted molar refractivity (Wildman–Crippen MR) is 107 cm³/mol. The molecular weight excluding hydrogens is 385 g/mol. The largest absolute Gasteiger partial charge is 0.362 e. The molecule has 2 aromatic carbocycles. The van der Waals surface area contributed by atoms with Crippen molar-refractivity contribution in [2.24, 2.45) is 0 Å². The Kier molecular flexibility index (Phi) is 6.41. The first-order valence-corrected chi connectivity index (χ1v) is 10.6. The molecule has 1 N–H and O–H groups in total. The van der Waals surface area contributed by atoms with Crippen LogP contribution in [-0.4, -0.2) is 55.5 Å². The predicted octanol–water partition coefficient (Wildman–Crippen LogP) is 2.25. The number of hydrogen-bond donors (Lipinski definition) is 1. The van der Waals surface area contributed by atoms with E-state index < -0.39 is 15.8 Å². The number of nitrogens with zero attached hydrogens (tertiary/aromatic N) is 2. The average Bonchev–Trinajstić information content (AvgIpc) is 2.69. The molecule has 0 radical (unpaired) electrons. The highest BCUT2D eigenvalue weighted by Gasteiger charge is 2.30. The van der Waals surface area contributed by atoms with E-state index in [1.54, 1.807) is 0 Å². The standard InChI is InChI=1S/C19H22FN3O2S2/c20-17-8-4-5-9-18(17)27(24,25)23-14-12-22(13-15-23)19(26)21-11-10-16-6-2-1-3-7-16/h1-9H,10-15H2,(H,21,26). The van der Waals surface area contributed by atoms with Crippen molar-refractivity contribution in [1.29, 1.82) is 0 Å². The van der Waals surface area contributed by atoms with Gasteiger partial charge in [-0.2, -0.15) is 4.31 Å². The highest BCUT2D eigenvalue weighted by atomic mass is 32.2. The summed E-state index contributed by atoms with van der Waals surface area (Å²) in [5.74, 6) is -0.724. The molecule has 0 aromatic heterocycles. The highest BCUT2D eigenvalue weighted by Crippen LogP contribution is 2.20. The summed E-state index contributed by atoms with van der Waals surface area (Å²) in [7, 11) is -3.83. The molecule has 144 valence electrons. The molecular formula is C19H22FN3O2S2. The van der Waals surface area contributed by atoms with Gasteiger partial charge in [-0.05, 0) is 36.3 Å². The molecule has 1 aliphatic heterocycles. The van der Waals surface area contributed by atoms with E-state index in [0.29, 0.717) is 18.2 Å². The molecule has 0 bridgehead atoms. The zero-order valence-corrected chi connectivity index (χ0v) is 16.5. The topological polar surface area (TPSA) is 52.7 Å². The molecule has 3 rings (SSSR count). The molecule has 1 fully saturated rings. The summed E-state index contributed by atoms with van der Waals surface area (Å²) in [6.07, 6.45) is 0.864. The maximum atomic E-state index is 13.9. The van der Waals surface area contributed by atoms with Crippen LogP contribution in [0.4, 0.5) is 4.39 Å². The van der Waals surface area contributed by atoms with E-state index in [0.717, 1.165) is 19.0 Å². The minimum Gasteiger partial charge on any atom is -0.362 e. The lowest BCUT2D eigenvalue weighted by atomic mass is 10.1. The minimum atomic E-state index is -3.83. The Morgan fingerprint density at radius 2 is 1.63 bits per heavy atom. The molecule has 1 heterocycles. The summed E-state index contributed by atoms with van der Waals surface area (Å²) in [6, 6.07) is 15.6. The third-order valence-corrected chi connectivity index (χ3v) is 6.85. The number of rotatable bonds is 5. The van der Waals surface area contributed by atoms with E-state index in [-0.39, 0.29) is 18.0 Å². The number of piperazine rings is 1. The Bertz CT molecular complexity index is 883. The van der Waals surface area contributed by atoms with E-state index in [1.807, 2.05) is 23.1 Å². The van der Waals surface area contributed by atoms with E-state index in [9.17, 15) is 12.8 Å². The second-order valence-electron chi connectivity index (χ2n) is 6.29. The Morgan fingerprint density at radius 1 is 1.00 bits per heavy atom. The van der Waals surface area contributed by atoms with Crippen molar-refractivity contribution in [2.75, 3.05) is 32.7 Å². The number of sulfonamides is 1. The third kappa shape index (κ3) is 4.82. The van der Waals surface area contributed by atoms with Gasteiger partial charge in [-0.15, -0.1) is 0 Å². The molecule has 1 saturated heterocycles. The molecule has 0 spiro atoms. The molecule has 0 unspecified atom stereocenters. The molecule has 5 nitrogen and oxygen atoms in total. The summed E-state index contributed by atoms with van der Waals surface area (Å²) < 4.78 is 40.5. The summed E-state index contributed by atoms with van der Waals surface area (Å²) in [6.45, 7) is 2.22. The molecule has 0 atom stereocenters. The van der Waals surface area contributed by atoms with Crippen molar-refractivity contribution >= 4 is 27.4 Å². The van der Waals surface area contributed by atoms with Crippen LogP contribution in [0.1, 0.15) is 5.56 Å². The van der Waals surface area contributed by atoms with Crippen LogP contribution in [0.15, 0.2) is 59.5 Å². The Morgan fingerprint density at radius 3 is 2.30 bits per heavy atom. The molecule has 0 amide bonds. The zero-order valence-electron chi connectivity index (χ0n) is 14.8. The molecule has 1 aliphatic rings. The third-order valence-electron chi connectivity index (χ3n) is 4.51. The Labute approximate surface area is 164 Å². The van der Waals surface area contributed by atoms with Gasteiger partial charge in [0.25, 0.3) is 0 Å². The van der Waals surface area contributed by atoms with Gasteiger partial charge < -0.3 is 10.2 Å². The van der Waals surface area contributed by atoms with Crippen molar-refractivity contribution in [3.63, 3.8) is 0 Å². The minimum absolute atomic E-state index is 0.275. The Balaban J connectivity index is 1.51. The molecule has 2 aromatic rings. The lowest BCUT2D eigenvalue weighted by Crippen LogP contribution is -2.53. The first-order chi connectivity index (χ1) is 13.0. The van der Waals surface area contributed by atoms with Gasteiger partial charge in [-0.25, -0.2) is 12.8 Å². The van der Waals surface area contributed by atoms with Crippen LogP contribution in [0.2, 0.25) is 0 Å². The second kappa shape index (κ2) is 8.77. The zero-order chi connectivity index (χ0) is 19.3. The quantitative estimate of drug-likeness (QED) is 0.771. The van der Waals surface area contributed by atoms with Gasteiger partial charge >= 0.3 is 0 Å². The van der Waals surface area contributed by atoms with Crippen LogP contribution in [0.3, 0.4) is 0 Å². The normalized spacial score (nSPS) is 15.5. The SMILES string of the molecule is O=S(=O)(c1ccccc1F)N1CCN(C(=S)NCCc2ccccc2)CC1. The van der Waals surface area contributed by atoms with Gasteiger partial charge in [0.05, 0.1) is 0 Å². The van der Waals surface area contributed by atoms with Crippen LogP contribution < -0.4 is 5.32 Å². The van der Waals surface area contributed by atoms with Crippen LogP contribution in [0.25, 0.3) is 0 Å². The molecule has 27 heavy (non-hydrogen) atoms. The van der Waals surface area contributed by atoms with Crippen molar-refractivity contribution in [3.05, 3.63) is 66.0 Å². The van der Waals surface area contributed by atoms with E-state index in [4.69, 9.17) is 12.2 Å². The highest BCUT2D eigenvalue weighted by molar-refractivity contribution is 7.89. The lowest BCUT2D eigenvalue weighted by molar-refractivity contribution is 0.263. The summed E-state index contributed by atoms with van der Waals surface area (Å²) >= 11 is 5.42. The number of thiocarbonyl (C=S) groups is 1. The lowest BCUT2D eigenvalue weighted by Gasteiger charge is -2.35. The number of hydrogen-bond acceptors (Lipinski definition) is 3. The second-order valence-corrected chi connectivity index (χ2v) is 8.58. The number of halogens is 1. The van der Waals surface area contributed by atoms with Crippen molar-refractivity contribution in [1.82, 2.24) is 14.5 Å². The average molecular weight is 408 g/mol. The van der Waals surface area contributed by atoms with Gasteiger partial charge in [-0.3, -0.25) is 0 Å².